The van der Waals surface area contributed by atoms with E-state index in [0.29, 0.717) is 5.02 Å². The number of nitrogens with one attached hydrogen (secondary N) is 1. The van der Waals surface area contributed by atoms with Gasteiger partial charge in [-0.3, -0.25) is 4.79 Å². The van der Waals surface area contributed by atoms with E-state index in [1.165, 1.54) is 0 Å². The fourth-order valence-electron chi connectivity index (χ4n) is 2.41. The fraction of sp³-hybridized carbons (Fsp3) is 0.111. The predicted octanol–water partition coefficient (Wildman–Crippen LogP) is 3.44. The summed E-state index contributed by atoms with van der Waals surface area (Å²) in [5, 5.41) is 3.75. The summed E-state index contributed by atoms with van der Waals surface area (Å²) in [6, 6.07) is 17.2. The van der Waals surface area contributed by atoms with Crippen molar-refractivity contribution in [3.8, 4) is 0 Å². The molecule has 3 aromatic rings. The van der Waals surface area contributed by atoms with Gasteiger partial charge in [-0.15, -0.1) is 0 Å². The first kappa shape index (κ1) is 15.3. The molecule has 0 saturated carbocycles. The molecule has 1 aromatic heterocycles. The van der Waals surface area contributed by atoms with Crippen LogP contribution in [0.25, 0.3) is 0 Å². The molecule has 1 atom stereocenters. The summed E-state index contributed by atoms with van der Waals surface area (Å²) < 4.78 is 1.74. The molecule has 0 aliphatic rings. The molecule has 1 heterocycles. The Balaban J connectivity index is 1.83. The van der Waals surface area contributed by atoms with Crippen LogP contribution in [0.1, 0.15) is 17.2 Å². The summed E-state index contributed by atoms with van der Waals surface area (Å²) in [5.74, 6) is -0.0770. The van der Waals surface area contributed by atoms with Gasteiger partial charge in [0.15, 0.2) is 0 Å². The standard InChI is InChI=1S/C18H16ClN3O/c19-16-8-6-15(7-9-16)18(14-4-2-1-3-5-14)21-17(23)12-22-11-10-20-13-22/h1-11,13,18H,12H2,(H,21,23)/t18-/m0/s1. The molecule has 116 valence electrons. The molecule has 4 nitrogen and oxygen atoms in total. The summed E-state index contributed by atoms with van der Waals surface area (Å²) >= 11 is 5.97. The number of halogens is 1. The minimum Gasteiger partial charge on any atom is -0.344 e. The number of amides is 1. The van der Waals surface area contributed by atoms with Gasteiger partial charge in [-0.2, -0.15) is 0 Å². The maximum absolute atomic E-state index is 12.3. The summed E-state index contributed by atoms with van der Waals surface area (Å²) in [6.45, 7) is 0.233. The lowest BCUT2D eigenvalue weighted by molar-refractivity contribution is -0.122. The van der Waals surface area contributed by atoms with E-state index in [4.69, 9.17) is 11.6 Å². The zero-order valence-corrected chi connectivity index (χ0v) is 13.1. The molecular formula is C18H16ClN3O. The largest absolute Gasteiger partial charge is 0.344 e. The molecule has 0 unspecified atom stereocenters. The van der Waals surface area contributed by atoms with Crippen molar-refractivity contribution in [2.75, 3.05) is 0 Å². The van der Waals surface area contributed by atoms with Crippen LogP contribution in [-0.4, -0.2) is 15.5 Å². The van der Waals surface area contributed by atoms with E-state index in [1.807, 2.05) is 54.6 Å². The fourth-order valence-corrected chi connectivity index (χ4v) is 2.54. The first-order chi connectivity index (χ1) is 11.2. The summed E-state index contributed by atoms with van der Waals surface area (Å²) in [4.78, 5) is 16.3. The van der Waals surface area contributed by atoms with Crippen molar-refractivity contribution in [2.45, 2.75) is 12.6 Å². The summed E-state index contributed by atoms with van der Waals surface area (Å²) in [6.07, 6.45) is 5.04. The monoisotopic (exact) mass is 325 g/mol. The summed E-state index contributed by atoms with van der Waals surface area (Å²) in [5.41, 5.74) is 2.01. The number of carbonyl (C=O) groups excluding carboxylic acids is 1. The SMILES string of the molecule is O=C(Cn1ccnc1)N[C@@H](c1ccccc1)c1ccc(Cl)cc1. The Morgan fingerprint density at radius 2 is 1.78 bits per heavy atom. The third-order valence-corrected chi connectivity index (χ3v) is 3.78. The molecule has 0 saturated heterocycles. The van der Waals surface area contributed by atoms with Gasteiger partial charge in [-0.1, -0.05) is 54.1 Å². The Bertz CT molecular complexity index is 755. The molecule has 1 N–H and O–H groups in total. The second kappa shape index (κ2) is 7.11. The van der Waals surface area contributed by atoms with Crippen LogP contribution < -0.4 is 5.32 Å². The molecule has 0 spiro atoms. The van der Waals surface area contributed by atoms with Crippen LogP contribution in [0.2, 0.25) is 5.02 Å². The van der Waals surface area contributed by atoms with Gasteiger partial charge >= 0.3 is 0 Å². The van der Waals surface area contributed by atoms with E-state index in [9.17, 15) is 4.79 Å². The van der Waals surface area contributed by atoms with Crippen LogP contribution >= 0.6 is 11.6 Å². The normalized spacial score (nSPS) is 11.9. The van der Waals surface area contributed by atoms with Crippen LogP contribution in [0, 0.1) is 0 Å². The van der Waals surface area contributed by atoms with Crippen LogP contribution in [0.4, 0.5) is 0 Å². The molecule has 0 bridgehead atoms. The van der Waals surface area contributed by atoms with E-state index in [-0.39, 0.29) is 18.5 Å². The molecule has 0 aliphatic carbocycles. The Kier molecular flexibility index (Phi) is 4.74. The smallest absolute Gasteiger partial charge is 0.240 e. The molecule has 2 aromatic carbocycles. The minimum absolute atomic E-state index is 0.0770. The number of hydrogen-bond donors (Lipinski definition) is 1. The first-order valence-electron chi connectivity index (χ1n) is 7.28. The lowest BCUT2D eigenvalue weighted by atomic mass is 9.98. The second-order valence-electron chi connectivity index (χ2n) is 5.20. The third kappa shape index (κ3) is 3.99. The molecule has 0 radical (unpaired) electrons. The number of carbonyl (C=O) groups is 1. The summed E-state index contributed by atoms with van der Waals surface area (Å²) in [7, 11) is 0. The Labute approximate surface area is 139 Å². The number of nitrogens with zero attached hydrogens (tertiary/aromatic N) is 2. The van der Waals surface area contributed by atoms with Crippen LogP contribution in [0.3, 0.4) is 0 Å². The van der Waals surface area contributed by atoms with Crippen molar-refractivity contribution in [3.63, 3.8) is 0 Å². The molecule has 0 aliphatic heterocycles. The number of hydrogen-bond acceptors (Lipinski definition) is 2. The van der Waals surface area contributed by atoms with Gasteiger partial charge in [0, 0.05) is 17.4 Å². The highest BCUT2D eigenvalue weighted by atomic mass is 35.5. The van der Waals surface area contributed by atoms with Crippen LogP contribution in [0.15, 0.2) is 73.3 Å². The molecule has 23 heavy (non-hydrogen) atoms. The van der Waals surface area contributed by atoms with Gasteiger partial charge in [0.2, 0.25) is 5.91 Å². The highest BCUT2D eigenvalue weighted by Crippen LogP contribution is 2.23. The lowest BCUT2D eigenvalue weighted by Crippen LogP contribution is -2.32. The van der Waals surface area contributed by atoms with Gasteiger partial charge in [0.05, 0.1) is 12.4 Å². The van der Waals surface area contributed by atoms with E-state index in [1.54, 1.807) is 23.3 Å². The van der Waals surface area contributed by atoms with Gasteiger partial charge < -0.3 is 9.88 Å². The van der Waals surface area contributed by atoms with Gasteiger partial charge in [0.25, 0.3) is 0 Å². The highest BCUT2D eigenvalue weighted by Gasteiger charge is 2.16. The van der Waals surface area contributed by atoms with E-state index >= 15 is 0 Å². The van der Waals surface area contributed by atoms with Crippen molar-refractivity contribution in [1.82, 2.24) is 14.9 Å². The van der Waals surface area contributed by atoms with Crippen molar-refractivity contribution in [1.29, 1.82) is 0 Å². The lowest BCUT2D eigenvalue weighted by Gasteiger charge is -2.20. The highest BCUT2D eigenvalue weighted by molar-refractivity contribution is 6.30. The zero-order chi connectivity index (χ0) is 16.1. The molecule has 0 fully saturated rings. The third-order valence-electron chi connectivity index (χ3n) is 3.53. The van der Waals surface area contributed by atoms with Gasteiger partial charge in [0.1, 0.15) is 6.54 Å². The van der Waals surface area contributed by atoms with Crippen molar-refractivity contribution < 1.29 is 4.79 Å². The van der Waals surface area contributed by atoms with Gasteiger partial charge in [-0.25, -0.2) is 4.98 Å². The van der Waals surface area contributed by atoms with Crippen molar-refractivity contribution in [2.24, 2.45) is 0 Å². The Morgan fingerprint density at radius 1 is 1.09 bits per heavy atom. The maximum Gasteiger partial charge on any atom is 0.240 e. The molecule has 3 rings (SSSR count). The van der Waals surface area contributed by atoms with Crippen molar-refractivity contribution in [3.05, 3.63) is 89.5 Å². The number of rotatable bonds is 5. The van der Waals surface area contributed by atoms with Gasteiger partial charge in [-0.05, 0) is 23.3 Å². The van der Waals surface area contributed by atoms with E-state index < -0.39 is 0 Å². The number of imidazole rings is 1. The quantitative estimate of drug-likeness (QED) is 0.781. The molecular weight excluding hydrogens is 310 g/mol. The molecule has 5 heteroatoms. The second-order valence-corrected chi connectivity index (χ2v) is 5.63. The number of benzene rings is 2. The first-order valence-corrected chi connectivity index (χ1v) is 7.66. The topological polar surface area (TPSA) is 46.9 Å². The van der Waals surface area contributed by atoms with E-state index in [2.05, 4.69) is 10.3 Å². The van der Waals surface area contributed by atoms with Crippen LogP contribution in [0.5, 0.6) is 0 Å². The van der Waals surface area contributed by atoms with E-state index in [0.717, 1.165) is 11.1 Å². The van der Waals surface area contributed by atoms with Crippen molar-refractivity contribution >= 4 is 17.5 Å². The Hall–Kier alpha value is -2.59. The zero-order valence-electron chi connectivity index (χ0n) is 12.4. The minimum atomic E-state index is -0.218. The predicted molar refractivity (Wildman–Crippen MR) is 90.1 cm³/mol. The average molecular weight is 326 g/mol. The average Bonchev–Trinajstić information content (AvgIpc) is 3.07. The molecule has 1 amide bonds. The Morgan fingerprint density at radius 3 is 2.43 bits per heavy atom. The number of aromatic nitrogens is 2. The van der Waals surface area contributed by atoms with Crippen LogP contribution in [-0.2, 0) is 11.3 Å². The maximum atomic E-state index is 12.3.